The largest absolute Gasteiger partial charge is 0.444 e. The van der Waals surface area contributed by atoms with Gasteiger partial charge in [-0.05, 0) is 75.8 Å². The number of pyridine rings is 1. The molecule has 0 unspecified atom stereocenters. The summed E-state index contributed by atoms with van der Waals surface area (Å²) >= 11 is 0. The second kappa shape index (κ2) is 8.33. The first-order valence-electron chi connectivity index (χ1n) is 9.47. The van der Waals surface area contributed by atoms with Gasteiger partial charge in [0.1, 0.15) is 5.60 Å². The maximum atomic E-state index is 11.7. The molecular formula is C22H27N3O2. The van der Waals surface area contributed by atoms with Crippen LogP contribution in [0.2, 0.25) is 0 Å². The quantitative estimate of drug-likeness (QED) is 0.861. The van der Waals surface area contributed by atoms with Gasteiger partial charge in [-0.1, -0.05) is 12.1 Å². The number of nitrogens with one attached hydrogen (secondary N) is 1. The number of aromatic nitrogens is 1. The number of aryl methyl sites for hydroxylation is 1. The average molecular weight is 365 g/mol. The van der Waals surface area contributed by atoms with Crippen LogP contribution in [0.15, 0.2) is 47.7 Å². The van der Waals surface area contributed by atoms with Crippen molar-refractivity contribution in [2.24, 2.45) is 4.99 Å². The first kappa shape index (κ1) is 19.1. The molecule has 2 aromatic rings. The normalized spacial score (nSPS) is 15.3. The van der Waals surface area contributed by atoms with Gasteiger partial charge >= 0.3 is 6.09 Å². The van der Waals surface area contributed by atoms with Gasteiger partial charge in [-0.3, -0.25) is 9.98 Å². The topological polar surface area (TPSA) is 63.6 Å². The van der Waals surface area contributed by atoms with Gasteiger partial charge in [0, 0.05) is 30.2 Å². The van der Waals surface area contributed by atoms with Gasteiger partial charge in [0.2, 0.25) is 0 Å². The fraction of sp³-hybridized carbons (Fsp3) is 0.409. The zero-order valence-electron chi connectivity index (χ0n) is 16.3. The minimum Gasteiger partial charge on any atom is -0.444 e. The summed E-state index contributed by atoms with van der Waals surface area (Å²) < 4.78 is 5.24. The van der Waals surface area contributed by atoms with Gasteiger partial charge in [-0.25, -0.2) is 4.79 Å². The first-order chi connectivity index (χ1) is 12.9. The number of aliphatic imine (C=N–C) groups is 1. The lowest BCUT2D eigenvalue weighted by atomic mass is 9.91. The summed E-state index contributed by atoms with van der Waals surface area (Å²) in [7, 11) is 0. The minimum atomic E-state index is -0.474. The summed E-state index contributed by atoms with van der Waals surface area (Å²) in [6.45, 7) is 6.11. The minimum absolute atomic E-state index is 0.379. The van der Waals surface area contributed by atoms with E-state index in [2.05, 4.69) is 28.5 Å². The van der Waals surface area contributed by atoms with Crippen molar-refractivity contribution in [3.63, 3.8) is 0 Å². The molecule has 0 saturated heterocycles. The van der Waals surface area contributed by atoms with Crippen LogP contribution in [0.5, 0.6) is 0 Å². The fourth-order valence-electron chi connectivity index (χ4n) is 3.12. The molecule has 5 heteroatoms. The Hall–Kier alpha value is -2.69. The SMILES string of the molecule is CC(C)(C)OC(=O)NCCc1ccc(N=C2CCCc3cnccc32)cc1. The third-order valence-electron chi connectivity index (χ3n) is 4.36. The van der Waals surface area contributed by atoms with Crippen molar-refractivity contribution in [1.82, 2.24) is 10.3 Å². The highest BCUT2D eigenvalue weighted by Gasteiger charge is 2.16. The molecule has 0 spiro atoms. The molecule has 5 nitrogen and oxygen atoms in total. The van der Waals surface area contributed by atoms with Gasteiger partial charge in [0.25, 0.3) is 0 Å². The van der Waals surface area contributed by atoms with E-state index >= 15 is 0 Å². The molecule has 0 fully saturated rings. The van der Waals surface area contributed by atoms with Gasteiger partial charge in [-0.15, -0.1) is 0 Å². The van der Waals surface area contributed by atoms with E-state index in [4.69, 9.17) is 9.73 Å². The molecule has 1 aromatic carbocycles. The van der Waals surface area contributed by atoms with Crippen LogP contribution in [0, 0.1) is 0 Å². The second-order valence-corrected chi connectivity index (χ2v) is 7.79. The zero-order chi connectivity index (χ0) is 19.3. The highest BCUT2D eigenvalue weighted by atomic mass is 16.6. The predicted molar refractivity (Wildman–Crippen MR) is 108 cm³/mol. The van der Waals surface area contributed by atoms with E-state index in [9.17, 15) is 4.79 Å². The van der Waals surface area contributed by atoms with E-state index < -0.39 is 5.60 Å². The molecule has 1 N–H and O–H groups in total. The van der Waals surface area contributed by atoms with E-state index in [1.165, 1.54) is 11.1 Å². The van der Waals surface area contributed by atoms with Crippen molar-refractivity contribution in [1.29, 1.82) is 0 Å². The number of amides is 1. The standard InChI is InChI=1S/C22H27N3O2/c1-22(2,3)27-21(26)24-14-11-16-7-9-18(10-8-16)25-20-6-4-5-17-15-23-13-12-19(17)20/h7-10,12-13,15H,4-6,11,14H2,1-3H3,(H,24,26). The molecule has 0 atom stereocenters. The molecule has 0 aliphatic heterocycles. The summed E-state index contributed by atoms with van der Waals surface area (Å²) in [6, 6.07) is 10.2. The molecule has 0 bridgehead atoms. The van der Waals surface area contributed by atoms with Crippen LogP contribution in [0.4, 0.5) is 10.5 Å². The summed E-state index contributed by atoms with van der Waals surface area (Å²) in [6.07, 6.45) is 7.35. The Labute approximate surface area is 160 Å². The molecule has 1 aliphatic carbocycles. The zero-order valence-corrected chi connectivity index (χ0v) is 16.3. The van der Waals surface area contributed by atoms with E-state index in [-0.39, 0.29) is 6.09 Å². The number of nitrogens with zero attached hydrogens (tertiary/aromatic N) is 2. The van der Waals surface area contributed by atoms with Crippen LogP contribution in [-0.4, -0.2) is 28.9 Å². The van der Waals surface area contributed by atoms with Crippen LogP contribution in [0.1, 0.15) is 50.3 Å². The predicted octanol–water partition coefficient (Wildman–Crippen LogP) is 4.61. The van der Waals surface area contributed by atoms with E-state index in [0.717, 1.165) is 42.6 Å². The smallest absolute Gasteiger partial charge is 0.407 e. The second-order valence-electron chi connectivity index (χ2n) is 7.79. The maximum Gasteiger partial charge on any atom is 0.407 e. The number of carbonyl (C=O) groups is 1. The Bertz CT molecular complexity index is 820. The van der Waals surface area contributed by atoms with Gasteiger partial charge in [0.15, 0.2) is 0 Å². The molecule has 27 heavy (non-hydrogen) atoms. The van der Waals surface area contributed by atoms with Crippen molar-refractivity contribution in [2.75, 3.05) is 6.54 Å². The summed E-state index contributed by atoms with van der Waals surface area (Å²) in [5.74, 6) is 0. The summed E-state index contributed by atoms with van der Waals surface area (Å²) in [5.41, 5.74) is 5.28. The highest BCUT2D eigenvalue weighted by Crippen LogP contribution is 2.24. The number of hydrogen-bond acceptors (Lipinski definition) is 4. The molecule has 1 amide bonds. The van der Waals surface area contributed by atoms with Gasteiger partial charge in [-0.2, -0.15) is 0 Å². The molecule has 3 rings (SSSR count). The number of alkyl carbamates (subject to hydrolysis) is 1. The number of carbonyl (C=O) groups excluding carboxylic acids is 1. The lowest BCUT2D eigenvalue weighted by Gasteiger charge is -2.19. The Balaban J connectivity index is 1.58. The molecule has 1 aliphatic rings. The number of fused-ring (bicyclic) bond motifs is 1. The van der Waals surface area contributed by atoms with Gasteiger partial charge in [0.05, 0.1) is 5.69 Å². The van der Waals surface area contributed by atoms with Crippen molar-refractivity contribution in [3.05, 3.63) is 59.4 Å². The van der Waals surface area contributed by atoms with E-state index in [1.807, 2.05) is 45.3 Å². The summed E-state index contributed by atoms with van der Waals surface area (Å²) in [4.78, 5) is 20.7. The van der Waals surface area contributed by atoms with E-state index in [0.29, 0.717) is 6.54 Å². The van der Waals surface area contributed by atoms with Crippen molar-refractivity contribution in [3.8, 4) is 0 Å². The van der Waals surface area contributed by atoms with Crippen LogP contribution < -0.4 is 5.32 Å². The number of hydrogen-bond donors (Lipinski definition) is 1. The average Bonchev–Trinajstić information content (AvgIpc) is 2.62. The molecule has 1 aromatic heterocycles. The van der Waals surface area contributed by atoms with Gasteiger partial charge < -0.3 is 10.1 Å². The van der Waals surface area contributed by atoms with E-state index in [1.54, 1.807) is 0 Å². The Morgan fingerprint density at radius 3 is 2.70 bits per heavy atom. The Kier molecular flexibility index (Phi) is 5.89. The molecule has 1 heterocycles. The lowest BCUT2D eigenvalue weighted by Crippen LogP contribution is -2.33. The molecule has 0 radical (unpaired) electrons. The summed E-state index contributed by atoms with van der Waals surface area (Å²) in [5, 5.41) is 2.78. The molecular weight excluding hydrogens is 338 g/mol. The maximum absolute atomic E-state index is 11.7. The van der Waals surface area contributed by atoms with Crippen LogP contribution in [0.3, 0.4) is 0 Å². The number of rotatable bonds is 4. The van der Waals surface area contributed by atoms with Crippen molar-refractivity contribution >= 4 is 17.5 Å². The highest BCUT2D eigenvalue weighted by molar-refractivity contribution is 6.03. The third-order valence-corrected chi connectivity index (χ3v) is 4.36. The van der Waals surface area contributed by atoms with Crippen LogP contribution >= 0.6 is 0 Å². The monoisotopic (exact) mass is 365 g/mol. The fourth-order valence-corrected chi connectivity index (χ4v) is 3.12. The Morgan fingerprint density at radius 2 is 1.96 bits per heavy atom. The number of benzene rings is 1. The first-order valence-corrected chi connectivity index (χ1v) is 9.47. The van der Waals surface area contributed by atoms with Crippen molar-refractivity contribution < 1.29 is 9.53 Å². The van der Waals surface area contributed by atoms with Crippen LogP contribution in [-0.2, 0) is 17.6 Å². The third kappa shape index (κ3) is 5.64. The lowest BCUT2D eigenvalue weighted by molar-refractivity contribution is 0.0528. The molecule has 142 valence electrons. The number of ether oxygens (including phenoxy) is 1. The van der Waals surface area contributed by atoms with Crippen LogP contribution in [0.25, 0.3) is 0 Å². The van der Waals surface area contributed by atoms with Crippen molar-refractivity contribution in [2.45, 2.75) is 52.1 Å². The Morgan fingerprint density at radius 1 is 1.19 bits per heavy atom. The molecule has 0 saturated carbocycles.